The summed E-state index contributed by atoms with van der Waals surface area (Å²) in [4.78, 5) is 23.5. The first kappa shape index (κ1) is 17.8. The molecule has 5 rings (SSSR count). The van der Waals surface area contributed by atoms with E-state index in [1.807, 2.05) is 30.5 Å². The highest BCUT2D eigenvalue weighted by molar-refractivity contribution is 6.13. The Hall–Kier alpha value is -4.26. The van der Waals surface area contributed by atoms with E-state index in [2.05, 4.69) is 26.6 Å². The van der Waals surface area contributed by atoms with Crippen molar-refractivity contribution in [3.05, 3.63) is 79.4 Å². The molecule has 0 saturated carbocycles. The lowest BCUT2D eigenvalue weighted by Gasteiger charge is -2.05. The number of pyridine rings is 2. The number of H-pyrrole nitrogens is 1. The van der Waals surface area contributed by atoms with Crippen LogP contribution in [0, 0.1) is 0 Å². The van der Waals surface area contributed by atoms with Gasteiger partial charge in [-0.15, -0.1) is 6.58 Å². The van der Waals surface area contributed by atoms with E-state index < -0.39 is 5.97 Å². The molecule has 0 fully saturated rings. The molecule has 5 aromatic rings. The highest BCUT2D eigenvalue weighted by Gasteiger charge is 2.14. The second kappa shape index (κ2) is 6.97. The molecule has 0 bridgehead atoms. The van der Waals surface area contributed by atoms with E-state index >= 15 is 0 Å². The molecule has 2 N–H and O–H groups in total. The van der Waals surface area contributed by atoms with Crippen molar-refractivity contribution < 1.29 is 9.90 Å². The van der Waals surface area contributed by atoms with E-state index in [0.29, 0.717) is 6.54 Å². The molecule has 146 valence electrons. The number of carboxylic acids is 1. The first-order chi connectivity index (χ1) is 14.6. The molecule has 0 amide bonds. The molecule has 7 heteroatoms. The van der Waals surface area contributed by atoms with Gasteiger partial charge < -0.3 is 10.1 Å². The van der Waals surface area contributed by atoms with Gasteiger partial charge in [-0.1, -0.05) is 18.2 Å². The molecular weight excluding hydrogens is 378 g/mol. The Morgan fingerprint density at radius 2 is 1.97 bits per heavy atom. The minimum atomic E-state index is -0.943. The number of carbonyl (C=O) groups is 1. The number of fused-ring (bicyclic) bond motifs is 3. The molecule has 0 aliphatic heterocycles. The smallest absolute Gasteiger partial charge is 0.335 e. The fraction of sp³-hybridized carbons (Fsp3) is 0.0435. The number of allylic oxidation sites excluding steroid dienone is 1. The summed E-state index contributed by atoms with van der Waals surface area (Å²) in [6, 6.07) is 10.8. The normalized spacial score (nSPS) is 11.2. The summed E-state index contributed by atoms with van der Waals surface area (Å²) in [5, 5.41) is 15.5. The zero-order valence-electron chi connectivity index (χ0n) is 15.9. The van der Waals surface area contributed by atoms with E-state index in [1.54, 1.807) is 41.5 Å². The summed E-state index contributed by atoms with van der Waals surface area (Å²) in [5.41, 5.74) is 5.53. The summed E-state index contributed by atoms with van der Waals surface area (Å²) in [6.45, 7) is 4.37. The van der Waals surface area contributed by atoms with Gasteiger partial charge >= 0.3 is 5.97 Å². The SMILES string of the molecule is C=CCn1cc(-c2cc3c(cn2)[nH]c2nccc(-c4ccc(C(=O)O)cc4)c23)cn1. The molecule has 0 atom stereocenters. The molecule has 7 nitrogen and oxygen atoms in total. The maximum absolute atomic E-state index is 11.2. The van der Waals surface area contributed by atoms with Crippen molar-refractivity contribution in [2.45, 2.75) is 6.54 Å². The first-order valence-corrected chi connectivity index (χ1v) is 9.38. The Morgan fingerprint density at radius 1 is 1.13 bits per heavy atom. The van der Waals surface area contributed by atoms with Gasteiger partial charge in [-0.25, -0.2) is 9.78 Å². The standard InChI is InChI=1S/C23H17N5O2/c1-2-9-28-13-16(11-26-28)19-10-18-20(12-25-19)27-22-21(18)17(7-8-24-22)14-3-5-15(6-4-14)23(29)30/h2-8,10-13H,1,9H2,(H,24,27)(H,29,30). The number of benzene rings is 1. The van der Waals surface area contributed by atoms with Crippen LogP contribution in [0.15, 0.2) is 73.8 Å². The number of aromatic amines is 1. The second-order valence-corrected chi connectivity index (χ2v) is 6.94. The van der Waals surface area contributed by atoms with Crippen molar-refractivity contribution in [2.24, 2.45) is 0 Å². The second-order valence-electron chi connectivity index (χ2n) is 6.94. The third kappa shape index (κ3) is 2.93. The van der Waals surface area contributed by atoms with Gasteiger partial charge in [0.15, 0.2) is 0 Å². The number of aromatic nitrogens is 5. The van der Waals surface area contributed by atoms with Crippen LogP contribution in [-0.4, -0.2) is 35.8 Å². The largest absolute Gasteiger partial charge is 0.478 e. The first-order valence-electron chi connectivity index (χ1n) is 9.38. The Kier molecular flexibility index (Phi) is 4.14. The number of rotatable bonds is 5. The molecule has 0 aliphatic carbocycles. The summed E-state index contributed by atoms with van der Waals surface area (Å²) in [5.74, 6) is -0.943. The van der Waals surface area contributed by atoms with Crippen LogP contribution in [0.25, 0.3) is 44.3 Å². The predicted octanol–water partition coefficient (Wildman–Crippen LogP) is 4.53. The third-order valence-corrected chi connectivity index (χ3v) is 5.07. The van der Waals surface area contributed by atoms with Gasteiger partial charge in [0.1, 0.15) is 5.65 Å². The van der Waals surface area contributed by atoms with Crippen molar-refractivity contribution in [1.82, 2.24) is 24.7 Å². The quantitative estimate of drug-likeness (QED) is 0.426. The van der Waals surface area contributed by atoms with Crippen LogP contribution in [0.5, 0.6) is 0 Å². The lowest BCUT2D eigenvalue weighted by Crippen LogP contribution is -1.95. The topological polar surface area (TPSA) is 96.7 Å². The molecule has 0 aliphatic rings. The summed E-state index contributed by atoms with van der Waals surface area (Å²) in [7, 11) is 0. The summed E-state index contributed by atoms with van der Waals surface area (Å²) < 4.78 is 1.81. The van der Waals surface area contributed by atoms with Crippen LogP contribution in [0.1, 0.15) is 10.4 Å². The monoisotopic (exact) mass is 395 g/mol. The zero-order valence-corrected chi connectivity index (χ0v) is 15.9. The van der Waals surface area contributed by atoms with Crippen LogP contribution < -0.4 is 0 Å². The van der Waals surface area contributed by atoms with Crippen LogP contribution in [0.2, 0.25) is 0 Å². The molecule has 0 radical (unpaired) electrons. The average molecular weight is 395 g/mol. The molecule has 0 spiro atoms. The van der Waals surface area contributed by atoms with Crippen molar-refractivity contribution in [2.75, 3.05) is 0 Å². The van der Waals surface area contributed by atoms with Gasteiger partial charge in [0.05, 0.1) is 35.7 Å². The molecular formula is C23H17N5O2. The molecule has 0 saturated heterocycles. The van der Waals surface area contributed by atoms with Gasteiger partial charge in [0.25, 0.3) is 0 Å². The Labute approximate surface area is 171 Å². The fourth-order valence-corrected chi connectivity index (χ4v) is 3.64. The zero-order chi connectivity index (χ0) is 20.7. The molecule has 4 aromatic heterocycles. The maximum Gasteiger partial charge on any atom is 0.335 e. The van der Waals surface area contributed by atoms with Gasteiger partial charge in [-0.05, 0) is 35.4 Å². The predicted molar refractivity (Wildman–Crippen MR) is 115 cm³/mol. The summed E-state index contributed by atoms with van der Waals surface area (Å²) in [6.07, 6.45) is 9.06. The van der Waals surface area contributed by atoms with E-state index in [4.69, 9.17) is 5.11 Å². The molecule has 0 unspecified atom stereocenters. The number of aromatic carboxylic acids is 1. The van der Waals surface area contributed by atoms with Gasteiger partial charge in [0.2, 0.25) is 0 Å². The Morgan fingerprint density at radius 3 is 2.73 bits per heavy atom. The maximum atomic E-state index is 11.2. The molecule has 4 heterocycles. The van der Waals surface area contributed by atoms with Crippen LogP contribution in [-0.2, 0) is 6.54 Å². The highest BCUT2D eigenvalue weighted by atomic mass is 16.4. The lowest BCUT2D eigenvalue weighted by atomic mass is 10.00. The molecule has 1 aromatic carbocycles. The van der Waals surface area contributed by atoms with E-state index in [1.165, 1.54) is 0 Å². The third-order valence-electron chi connectivity index (χ3n) is 5.07. The minimum absolute atomic E-state index is 0.256. The van der Waals surface area contributed by atoms with Crippen molar-refractivity contribution >= 4 is 27.9 Å². The summed E-state index contributed by atoms with van der Waals surface area (Å²) >= 11 is 0. The molecule has 30 heavy (non-hydrogen) atoms. The number of carboxylic acid groups (broad SMARTS) is 1. The highest BCUT2D eigenvalue weighted by Crippen LogP contribution is 2.34. The Bertz CT molecular complexity index is 1410. The van der Waals surface area contributed by atoms with E-state index in [-0.39, 0.29) is 5.56 Å². The van der Waals surface area contributed by atoms with E-state index in [9.17, 15) is 4.79 Å². The number of nitrogens with zero attached hydrogens (tertiary/aromatic N) is 4. The Balaban J connectivity index is 1.68. The van der Waals surface area contributed by atoms with Crippen molar-refractivity contribution in [3.8, 4) is 22.4 Å². The van der Waals surface area contributed by atoms with Gasteiger partial charge in [0, 0.05) is 28.7 Å². The average Bonchev–Trinajstić information content (AvgIpc) is 3.38. The van der Waals surface area contributed by atoms with Crippen LogP contribution in [0.4, 0.5) is 0 Å². The fourth-order valence-electron chi connectivity index (χ4n) is 3.64. The van der Waals surface area contributed by atoms with Gasteiger partial charge in [-0.2, -0.15) is 5.10 Å². The number of hydrogen-bond donors (Lipinski definition) is 2. The van der Waals surface area contributed by atoms with Crippen molar-refractivity contribution in [3.63, 3.8) is 0 Å². The lowest BCUT2D eigenvalue weighted by molar-refractivity contribution is 0.0697. The number of nitrogens with one attached hydrogen (secondary N) is 1. The van der Waals surface area contributed by atoms with Crippen LogP contribution >= 0.6 is 0 Å². The van der Waals surface area contributed by atoms with E-state index in [0.717, 1.165) is 44.3 Å². The van der Waals surface area contributed by atoms with Gasteiger partial charge in [-0.3, -0.25) is 9.67 Å². The minimum Gasteiger partial charge on any atom is -0.478 e. The van der Waals surface area contributed by atoms with Crippen molar-refractivity contribution in [1.29, 1.82) is 0 Å². The van der Waals surface area contributed by atoms with Crippen LogP contribution in [0.3, 0.4) is 0 Å². The number of hydrogen-bond acceptors (Lipinski definition) is 4.